The third-order valence-corrected chi connectivity index (χ3v) is 5.67. The lowest BCUT2D eigenvalue weighted by Gasteiger charge is -2.14. The van der Waals surface area contributed by atoms with Gasteiger partial charge in [0.1, 0.15) is 11.9 Å². The molecule has 0 aromatic heterocycles. The van der Waals surface area contributed by atoms with Crippen molar-refractivity contribution in [1.82, 2.24) is 4.72 Å². The molecule has 0 unspecified atom stereocenters. The highest BCUT2D eigenvalue weighted by Crippen LogP contribution is 2.23. The van der Waals surface area contributed by atoms with Gasteiger partial charge in [-0.1, -0.05) is 31.9 Å². The van der Waals surface area contributed by atoms with Crippen LogP contribution in [0, 0.1) is 11.6 Å². The van der Waals surface area contributed by atoms with Crippen molar-refractivity contribution in [2.45, 2.75) is 37.1 Å². The van der Waals surface area contributed by atoms with Gasteiger partial charge in [-0.15, -0.1) is 0 Å². The Morgan fingerprint density at radius 2 is 1.93 bits per heavy atom. The first-order valence-corrected chi connectivity index (χ1v) is 10.3. The number of carbonyl (C=O) groups is 1. The van der Waals surface area contributed by atoms with E-state index in [1.165, 1.54) is 12.1 Å². The van der Waals surface area contributed by atoms with Gasteiger partial charge in [-0.05, 0) is 30.7 Å². The number of sulfonamides is 1. The van der Waals surface area contributed by atoms with Crippen LogP contribution >= 0.6 is 0 Å². The van der Waals surface area contributed by atoms with Crippen molar-refractivity contribution in [2.24, 2.45) is 4.99 Å². The van der Waals surface area contributed by atoms with Gasteiger partial charge in [0.2, 0.25) is 5.91 Å². The quantitative estimate of drug-likeness (QED) is 0.771. The molecule has 148 valence electrons. The summed E-state index contributed by atoms with van der Waals surface area (Å²) in [4.78, 5) is 17.1. The zero-order valence-corrected chi connectivity index (χ0v) is 15.9. The molecule has 2 aromatic carbocycles. The molecule has 1 aliphatic rings. The molecule has 0 spiro atoms. The Morgan fingerprint density at radius 1 is 1.18 bits per heavy atom. The van der Waals surface area contributed by atoms with E-state index in [0.717, 1.165) is 18.6 Å². The lowest BCUT2D eigenvalue weighted by molar-refractivity contribution is -0.117. The van der Waals surface area contributed by atoms with Gasteiger partial charge in [0.05, 0.1) is 4.90 Å². The number of nitrogens with zero attached hydrogens (tertiary/aromatic N) is 1. The zero-order valence-electron chi connectivity index (χ0n) is 15.1. The summed E-state index contributed by atoms with van der Waals surface area (Å²) in [6, 6.07) is 8.50. The van der Waals surface area contributed by atoms with Crippen molar-refractivity contribution in [1.29, 1.82) is 0 Å². The highest BCUT2D eigenvalue weighted by molar-refractivity contribution is 7.90. The third kappa shape index (κ3) is 4.19. The summed E-state index contributed by atoms with van der Waals surface area (Å²) in [6.45, 7) is 1.95. The average Bonchev–Trinajstić information content (AvgIpc) is 2.92. The van der Waals surface area contributed by atoms with E-state index in [1.807, 2.05) is 6.92 Å². The fraction of sp³-hybridized carbons (Fsp3) is 0.263. The van der Waals surface area contributed by atoms with Gasteiger partial charge in [-0.2, -0.15) is 0 Å². The molecule has 0 saturated heterocycles. The highest BCUT2D eigenvalue weighted by atomic mass is 32.2. The van der Waals surface area contributed by atoms with Gasteiger partial charge in [0.25, 0.3) is 10.0 Å². The number of rotatable bonds is 6. The summed E-state index contributed by atoms with van der Waals surface area (Å²) < 4.78 is 53.3. The Labute approximate surface area is 161 Å². The van der Waals surface area contributed by atoms with Crippen LogP contribution in [0.15, 0.2) is 52.4 Å². The normalized spacial score (nSPS) is 17.0. The van der Waals surface area contributed by atoms with E-state index in [2.05, 4.69) is 15.0 Å². The van der Waals surface area contributed by atoms with E-state index in [-0.39, 0.29) is 16.4 Å². The summed E-state index contributed by atoms with van der Waals surface area (Å²) in [5.41, 5.74) is 0.489. The molecule has 1 amide bonds. The molecule has 1 heterocycles. The van der Waals surface area contributed by atoms with Gasteiger partial charge in [-0.25, -0.2) is 17.2 Å². The molecule has 0 bridgehead atoms. The lowest BCUT2D eigenvalue weighted by Crippen LogP contribution is -2.30. The maximum Gasteiger partial charge on any atom is 0.263 e. The van der Waals surface area contributed by atoms with Gasteiger partial charge < -0.3 is 5.32 Å². The zero-order chi connectivity index (χ0) is 20.3. The summed E-state index contributed by atoms with van der Waals surface area (Å²) in [7, 11) is -3.72. The van der Waals surface area contributed by atoms with E-state index in [0.29, 0.717) is 18.4 Å². The Morgan fingerprint density at radius 3 is 2.64 bits per heavy atom. The van der Waals surface area contributed by atoms with Crippen LogP contribution in [0.5, 0.6) is 0 Å². The summed E-state index contributed by atoms with van der Waals surface area (Å²) in [5.74, 6) is -2.53. The van der Waals surface area contributed by atoms with Gasteiger partial charge in [0.15, 0.2) is 11.6 Å². The Bertz CT molecular complexity index is 1040. The monoisotopic (exact) mass is 407 g/mol. The molecular formula is C19H19F2N3O3S. The molecule has 0 saturated carbocycles. The second-order valence-electron chi connectivity index (χ2n) is 6.36. The van der Waals surface area contributed by atoms with Crippen molar-refractivity contribution in [3.05, 3.63) is 59.7 Å². The van der Waals surface area contributed by atoms with Crippen LogP contribution in [0.2, 0.25) is 0 Å². The minimum absolute atomic E-state index is 0.0946. The van der Waals surface area contributed by atoms with Crippen molar-refractivity contribution in [2.75, 3.05) is 5.32 Å². The first kappa shape index (κ1) is 19.9. The van der Waals surface area contributed by atoms with Gasteiger partial charge in [0, 0.05) is 17.3 Å². The van der Waals surface area contributed by atoms with Crippen molar-refractivity contribution >= 4 is 27.5 Å². The largest absolute Gasteiger partial charge is 0.324 e. The first-order valence-electron chi connectivity index (χ1n) is 8.77. The van der Waals surface area contributed by atoms with Crippen LogP contribution in [0.1, 0.15) is 31.7 Å². The number of unbranched alkanes of at least 4 members (excludes halogenated alkanes) is 1. The van der Waals surface area contributed by atoms with Crippen molar-refractivity contribution in [3.8, 4) is 0 Å². The van der Waals surface area contributed by atoms with Crippen LogP contribution in [-0.4, -0.2) is 26.2 Å². The number of nitrogens with one attached hydrogen (secondary N) is 2. The van der Waals surface area contributed by atoms with E-state index in [9.17, 15) is 22.0 Å². The molecule has 1 aliphatic heterocycles. The summed E-state index contributed by atoms with van der Waals surface area (Å²) in [6.07, 6.45) is 1.86. The number of anilines is 1. The number of hydrogen-bond acceptors (Lipinski definition) is 4. The minimum Gasteiger partial charge on any atom is -0.324 e. The van der Waals surface area contributed by atoms with Crippen molar-refractivity contribution < 1.29 is 22.0 Å². The van der Waals surface area contributed by atoms with Crippen LogP contribution in [0.25, 0.3) is 0 Å². The molecular weight excluding hydrogens is 388 g/mol. The second-order valence-corrected chi connectivity index (χ2v) is 8.01. The predicted molar refractivity (Wildman–Crippen MR) is 102 cm³/mol. The molecule has 1 atom stereocenters. The highest BCUT2D eigenvalue weighted by Gasteiger charge is 2.31. The van der Waals surface area contributed by atoms with E-state index >= 15 is 0 Å². The molecule has 0 aliphatic carbocycles. The molecule has 3 rings (SSSR count). The first-order chi connectivity index (χ1) is 13.3. The summed E-state index contributed by atoms with van der Waals surface area (Å²) in [5, 5.41) is 2.51. The number of halogens is 2. The molecule has 28 heavy (non-hydrogen) atoms. The number of carbonyl (C=O) groups excluding carboxylic acids is 1. The SMILES string of the molecule is CCCC[C@H](N=C1NS(=O)(=O)c2ccccc21)C(=O)Nc1ccc(F)c(F)c1. The second kappa shape index (κ2) is 8.05. The minimum atomic E-state index is -3.72. The lowest BCUT2D eigenvalue weighted by atomic mass is 10.1. The number of fused-ring (bicyclic) bond motifs is 1. The van der Waals surface area contributed by atoms with Crippen LogP contribution < -0.4 is 10.0 Å². The Balaban J connectivity index is 1.89. The number of amidine groups is 1. The van der Waals surface area contributed by atoms with Crippen LogP contribution in [-0.2, 0) is 14.8 Å². The maximum atomic E-state index is 13.4. The van der Waals surface area contributed by atoms with E-state index in [4.69, 9.17) is 0 Å². The number of hydrogen-bond donors (Lipinski definition) is 2. The smallest absolute Gasteiger partial charge is 0.263 e. The predicted octanol–water partition coefficient (Wildman–Crippen LogP) is 3.20. The summed E-state index contributed by atoms with van der Waals surface area (Å²) >= 11 is 0. The molecule has 6 nitrogen and oxygen atoms in total. The molecule has 2 aromatic rings. The van der Waals surface area contributed by atoms with Crippen LogP contribution in [0.3, 0.4) is 0 Å². The third-order valence-electron chi connectivity index (χ3n) is 4.27. The molecule has 0 fully saturated rings. The number of aliphatic imine (C=N–C) groups is 1. The Hall–Kier alpha value is -2.81. The number of amides is 1. The standard InChI is InChI=1S/C19H19F2N3O3S/c1-2-3-7-16(19(25)22-12-9-10-14(20)15(21)11-12)23-18-13-6-4-5-8-17(13)28(26,27)24-18/h4-6,8-11,16H,2-3,7H2,1H3,(H,22,25)(H,23,24)/t16-/m0/s1. The van der Waals surface area contributed by atoms with Gasteiger partial charge in [-0.3, -0.25) is 14.5 Å². The Kier molecular flexibility index (Phi) is 5.73. The average molecular weight is 407 g/mol. The topological polar surface area (TPSA) is 87.6 Å². The van der Waals surface area contributed by atoms with Gasteiger partial charge >= 0.3 is 0 Å². The van der Waals surface area contributed by atoms with Crippen molar-refractivity contribution in [3.63, 3.8) is 0 Å². The van der Waals surface area contributed by atoms with E-state index in [1.54, 1.807) is 18.2 Å². The fourth-order valence-electron chi connectivity index (χ4n) is 2.84. The van der Waals surface area contributed by atoms with Crippen LogP contribution in [0.4, 0.5) is 14.5 Å². The molecule has 9 heteroatoms. The maximum absolute atomic E-state index is 13.4. The molecule has 2 N–H and O–H groups in total. The number of benzene rings is 2. The fourth-order valence-corrected chi connectivity index (χ4v) is 4.08. The molecule has 0 radical (unpaired) electrons. The van der Waals surface area contributed by atoms with E-state index < -0.39 is 33.6 Å².